The highest BCUT2D eigenvalue weighted by Gasteiger charge is 2.21. The molecule has 0 aromatic heterocycles. The van der Waals surface area contributed by atoms with E-state index >= 15 is 0 Å². The third kappa shape index (κ3) is 5.56. The summed E-state index contributed by atoms with van der Waals surface area (Å²) in [6.07, 6.45) is 0. The highest BCUT2D eigenvalue weighted by atomic mass is 16.5. The van der Waals surface area contributed by atoms with Crippen molar-refractivity contribution < 1.29 is 24.2 Å². The summed E-state index contributed by atoms with van der Waals surface area (Å²) in [6, 6.07) is 5.65. The molecule has 0 heterocycles. The molecule has 1 N–H and O–H groups in total. The fourth-order valence-corrected chi connectivity index (χ4v) is 2.16. The van der Waals surface area contributed by atoms with E-state index in [4.69, 9.17) is 9.84 Å². The Morgan fingerprint density at radius 3 is 2.61 bits per heavy atom. The Morgan fingerprint density at radius 1 is 1.30 bits per heavy atom. The van der Waals surface area contributed by atoms with Crippen LogP contribution in [0, 0.1) is 19.8 Å². The van der Waals surface area contributed by atoms with Crippen LogP contribution in [0.25, 0.3) is 0 Å². The Balaban J connectivity index is 2.67. The number of amides is 1. The number of hydrogen-bond acceptors (Lipinski definition) is 5. The fraction of sp³-hybridized carbons (Fsp3) is 0.529. The van der Waals surface area contributed by atoms with Crippen LogP contribution in [0.1, 0.15) is 18.1 Å². The maximum absolute atomic E-state index is 12.3. The number of rotatable bonds is 8. The number of carbonyl (C=O) groups is 2. The number of methoxy groups -OCH3 is 1. The number of esters is 1. The third-order valence-corrected chi connectivity index (χ3v) is 3.73. The van der Waals surface area contributed by atoms with Crippen molar-refractivity contribution in [2.75, 3.05) is 33.4 Å². The zero-order valence-corrected chi connectivity index (χ0v) is 14.2. The molecule has 1 aromatic rings. The minimum atomic E-state index is -0.462. The number of hydrogen-bond donors (Lipinski definition) is 1. The van der Waals surface area contributed by atoms with Crippen molar-refractivity contribution in [2.24, 2.45) is 5.92 Å². The Bertz CT molecular complexity index is 544. The van der Waals surface area contributed by atoms with E-state index in [2.05, 4.69) is 4.74 Å². The molecule has 0 radical (unpaired) electrons. The van der Waals surface area contributed by atoms with Crippen LogP contribution in [0.15, 0.2) is 18.2 Å². The van der Waals surface area contributed by atoms with Crippen LogP contribution in [0.2, 0.25) is 0 Å². The van der Waals surface area contributed by atoms with Gasteiger partial charge >= 0.3 is 5.97 Å². The van der Waals surface area contributed by atoms with Gasteiger partial charge in [0.15, 0.2) is 6.61 Å². The fourth-order valence-electron chi connectivity index (χ4n) is 2.16. The molecular weight excluding hydrogens is 298 g/mol. The van der Waals surface area contributed by atoms with Crippen LogP contribution in [-0.2, 0) is 14.3 Å². The van der Waals surface area contributed by atoms with Gasteiger partial charge in [0.05, 0.1) is 19.6 Å². The number of aliphatic hydroxyl groups is 1. The maximum Gasteiger partial charge on any atom is 0.310 e. The van der Waals surface area contributed by atoms with Gasteiger partial charge in [0.2, 0.25) is 0 Å². The molecule has 1 rings (SSSR count). The summed E-state index contributed by atoms with van der Waals surface area (Å²) < 4.78 is 10.2. The summed E-state index contributed by atoms with van der Waals surface area (Å²) in [7, 11) is 1.31. The second kappa shape index (κ2) is 9.15. The molecule has 0 saturated heterocycles. The Morgan fingerprint density at radius 2 is 2.00 bits per heavy atom. The topological polar surface area (TPSA) is 76.1 Å². The molecule has 128 valence electrons. The van der Waals surface area contributed by atoms with Gasteiger partial charge in [-0.25, -0.2) is 0 Å². The molecule has 0 aliphatic carbocycles. The third-order valence-electron chi connectivity index (χ3n) is 3.73. The summed E-state index contributed by atoms with van der Waals surface area (Å²) in [6.45, 7) is 5.59. The van der Waals surface area contributed by atoms with Gasteiger partial charge < -0.3 is 19.5 Å². The van der Waals surface area contributed by atoms with E-state index < -0.39 is 11.9 Å². The van der Waals surface area contributed by atoms with E-state index in [0.29, 0.717) is 5.75 Å². The van der Waals surface area contributed by atoms with Gasteiger partial charge in [-0.2, -0.15) is 0 Å². The summed E-state index contributed by atoms with van der Waals surface area (Å²) in [5.41, 5.74) is 2.07. The number of carbonyl (C=O) groups excluding carboxylic acids is 2. The quantitative estimate of drug-likeness (QED) is 0.730. The van der Waals surface area contributed by atoms with Crippen molar-refractivity contribution in [1.82, 2.24) is 4.90 Å². The monoisotopic (exact) mass is 323 g/mol. The van der Waals surface area contributed by atoms with Gasteiger partial charge in [0, 0.05) is 13.1 Å². The zero-order chi connectivity index (χ0) is 17.4. The number of aliphatic hydroxyl groups excluding tert-OH is 1. The molecule has 1 amide bonds. The molecule has 0 aliphatic rings. The standard InChI is InChI=1S/C17H25NO5/c1-12-6-5-7-15(14(12)3)23-11-16(20)18(8-9-19)10-13(2)17(21)22-4/h5-7,13,19H,8-11H2,1-4H3. The van der Waals surface area contributed by atoms with Crippen LogP contribution in [0.4, 0.5) is 0 Å². The average Bonchev–Trinajstić information content (AvgIpc) is 2.54. The van der Waals surface area contributed by atoms with E-state index in [1.807, 2.05) is 32.0 Å². The molecule has 6 nitrogen and oxygen atoms in total. The number of nitrogens with zero attached hydrogens (tertiary/aromatic N) is 1. The first kappa shape index (κ1) is 19.0. The van der Waals surface area contributed by atoms with E-state index in [1.165, 1.54) is 12.0 Å². The molecule has 0 aliphatic heterocycles. The Hall–Kier alpha value is -2.08. The van der Waals surface area contributed by atoms with Gasteiger partial charge in [-0.05, 0) is 31.0 Å². The molecule has 0 bridgehead atoms. The van der Waals surface area contributed by atoms with E-state index in [9.17, 15) is 9.59 Å². The molecule has 6 heteroatoms. The van der Waals surface area contributed by atoms with Crippen LogP contribution in [0.3, 0.4) is 0 Å². The lowest BCUT2D eigenvalue weighted by atomic mass is 10.1. The lowest BCUT2D eigenvalue weighted by Gasteiger charge is -2.24. The van der Waals surface area contributed by atoms with Crippen molar-refractivity contribution in [3.8, 4) is 5.75 Å². The van der Waals surface area contributed by atoms with Gasteiger partial charge in [0.1, 0.15) is 5.75 Å². The van der Waals surface area contributed by atoms with E-state index in [0.717, 1.165) is 11.1 Å². The van der Waals surface area contributed by atoms with Gasteiger partial charge in [0.25, 0.3) is 5.91 Å². The normalized spacial score (nSPS) is 11.7. The number of ether oxygens (including phenoxy) is 2. The van der Waals surface area contributed by atoms with Crippen LogP contribution < -0.4 is 4.74 Å². The van der Waals surface area contributed by atoms with Gasteiger partial charge in [-0.15, -0.1) is 0 Å². The first-order valence-electron chi connectivity index (χ1n) is 7.56. The second-order valence-corrected chi connectivity index (χ2v) is 5.47. The second-order valence-electron chi connectivity index (χ2n) is 5.47. The summed E-state index contributed by atoms with van der Waals surface area (Å²) in [5, 5.41) is 9.11. The molecule has 0 fully saturated rings. The lowest BCUT2D eigenvalue weighted by molar-refractivity contribution is -0.146. The molecule has 1 atom stereocenters. The van der Waals surface area contributed by atoms with Crippen LogP contribution in [0.5, 0.6) is 5.75 Å². The number of benzene rings is 1. The van der Waals surface area contributed by atoms with Gasteiger partial charge in [-0.1, -0.05) is 19.1 Å². The number of aryl methyl sites for hydroxylation is 1. The Labute approximate surface area is 137 Å². The SMILES string of the molecule is COC(=O)C(C)CN(CCO)C(=O)COc1cccc(C)c1C. The molecule has 0 spiro atoms. The minimum absolute atomic E-state index is 0.141. The molecule has 1 unspecified atom stereocenters. The molecule has 23 heavy (non-hydrogen) atoms. The molecular formula is C17H25NO5. The maximum atomic E-state index is 12.3. The summed E-state index contributed by atoms with van der Waals surface area (Å²) in [5.74, 6) is -0.480. The highest BCUT2D eigenvalue weighted by Crippen LogP contribution is 2.20. The van der Waals surface area contributed by atoms with E-state index in [-0.39, 0.29) is 32.2 Å². The first-order valence-corrected chi connectivity index (χ1v) is 7.56. The summed E-state index contributed by atoms with van der Waals surface area (Å²) in [4.78, 5) is 25.2. The van der Waals surface area contributed by atoms with Crippen molar-refractivity contribution in [2.45, 2.75) is 20.8 Å². The van der Waals surface area contributed by atoms with Crippen molar-refractivity contribution in [3.63, 3.8) is 0 Å². The zero-order valence-electron chi connectivity index (χ0n) is 14.2. The van der Waals surface area contributed by atoms with Crippen molar-refractivity contribution in [1.29, 1.82) is 0 Å². The van der Waals surface area contributed by atoms with Crippen molar-refractivity contribution >= 4 is 11.9 Å². The predicted molar refractivity (Wildman–Crippen MR) is 86.3 cm³/mol. The lowest BCUT2D eigenvalue weighted by Crippen LogP contribution is -2.41. The van der Waals surface area contributed by atoms with Gasteiger partial charge in [-0.3, -0.25) is 9.59 Å². The highest BCUT2D eigenvalue weighted by molar-refractivity contribution is 5.79. The van der Waals surface area contributed by atoms with Crippen molar-refractivity contribution in [3.05, 3.63) is 29.3 Å². The average molecular weight is 323 g/mol. The largest absolute Gasteiger partial charge is 0.483 e. The Kier molecular flexibility index (Phi) is 7.54. The van der Waals surface area contributed by atoms with Crippen LogP contribution in [-0.4, -0.2) is 55.3 Å². The first-order chi connectivity index (χ1) is 10.9. The van der Waals surface area contributed by atoms with Crippen LogP contribution >= 0.6 is 0 Å². The molecule has 1 aromatic carbocycles. The molecule has 0 saturated carbocycles. The summed E-state index contributed by atoms with van der Waals surface area (Å²) >= 11 is 0. The predicted octanol–water partition coefficient (Wildman–Crippen LogP) is 1.31. The smallest absolute Gasteiger partial charge is 0.310 e. The van der Waals surface area contributed by atoms with E-state index in [1.54, 1.807) is 6.92 Å². The minimum Gasteiger partial charge on any atom is -0.483 e.